The van der Waals surface area contributed by atoms with Crippen LogP contribution in [0.3, 0.4) is 0 Å². The molecule has 0 saturated carbocycles. The minimum absolute atomic E-state index is 0.953. The lowest BCUT2D eigenvalue weighted by atomic mass is 9.90. The normalized spacial score (nSPS) is 14.2. The highest BCUT2D eigenvalue weighted by molar-refractivity contribution is 6.83. The molecule has 0 bridgehead atoms. The Kier molecular flexibility index (Phi) is 3.93. The van der Waals surface area contributed by atoms with Crippen LogP contribution >= 0.6 is 0 Å². The first-order valence-corrected chi connectivity index (χ1v) is 13.6. The predicted molar refractivity (Wildman–Crippen MR) is 122 cm³/mol. The van der Waals surface area contributed by atoms with Gasteiger partial charge in [0.2, 0.25) is 0 Å². The maximum Gasteiger partial charge on any atom is 0.129 e. The third-order valence-electron chi connectivity index (χ3n) is 5.63. The largest absolute Gasteiger partial charge is 0.129 e. The molecule has 0 spiro atoms. The predicted octanol–water partition coefficient (Wildman–Crippen LogP) is 6.50. The van der Waals surface area contributed by atoms with Crippen molar-refractivity contribution in [3.8, 4) is 22.6 Å². The molecule has 0 aliphatic heterocycles. The zero-order valence-electron chi connectivity index (χ0n) is 16.8. The van der Waals surface area contributed by atoms with Crippen molar-refractivity contribution in [2.75, 3.05) is 0 Å². The molecule has 0 aromatic heterocycles. The molecule has 28 heavy (non-hydrogen) atoms. The number of fused-ring (bicyclic) bond motifs is 4. The van der Waals surface area contributed by atoms with Crippen LogP contribution in [-0.4, -0.2) is 8.07 Å². The fourth-order valence-electron chi connectivity index (χ4n) is 4.43. The van der Waals surface area contributed by atoms with E-state index in [0.717, 1.165) is 12.8 Å². The van der Waals surface area contributed by atoms with E-state index < -0.39 is 8.07 Å². The van der Waals surface area contributed by atoms with E-state index in [9.17, 15) is 0 Å². The smallest absolute Gasteiger partial charge is 0.127 e. The van der Waals surface area contributed by atoms with Crippen LogP contribution in [0, 0.1) is 11.5 Å². The Morgan fingerprint density at radius 2 is 1.25 bits per heavy atom. The Morgan fingerprint density at radius 3 is 2.00 bits per heavy atom. The fraction of sp³-hybridized carbons (Fsp3) is 0.185. The Hall–Kier alpha value is -2.82. The molecule has 0 atom stereocenters. The summed E-state index contributed by atoms with van der Waals surface area (Å²) >= 11 is 0. The van der Waals surface area contributed by atoms with Gasteiger partial charge in [-0.2, -0.15) is 0 Å². The average Bonchev–Trinajstić information content (AvgIpc) is 3.23. The highest BCUT2D eigenvalue weighted by Crippen LogP contribution is 2.46. The lowest BCUT2D eigenvalue weighted by Gasteiger charge is -2.13. The molecule has 0 fully saturated rings. The van der Waals surface area contributed by atoms with Crippen LogP contribution in [0.25, 0.3) is 16.7 Å². The van der Waals surface area contributed by atoms with Crippen molar-refractivity contribution in [1.29, 1.82) is 0 Å². The van der Waals surface area contributed by atoms with Gasteiger partial charge in [0.05, 0.1) is 0 Å². The van der Waals surface area contributed by atoms with Crippen LogP contribution in [0.4, 0.5) is 0 Å². The summed E-state index contributed by atoms with van der Waals surface area (Å²) in [5.74, 6) is 3.62. The van der Waals surface area contributed by atoms with Crippen LogP contribution in [0.1, 0.15) is 27.8 Å². The Balaban J connectivity index is 1.78. The Bertz CT molecular complexity index is 1190. The molecule has 0 radical (unpaired) electrons. The second kappa shape index (κ2) is 6.36. The molecular weight excluding hydrogens is 352 g/mol. The lowest BCUT2D eigenvalue weighted by molar-refractivity contribution is 1.26. The molecule has 2 aliphatic carbocycles. The summed E-state index contributed by atoms with van der Waals surface area (Å²) in [4.78, 5) is 0. The van der Waals surface area contributed by atoms with E-state index in [-0.39, 0.29) is 0 Å². The molecule has 3 aromatic carbocycles. The minimum Gasteiger partial charge on any atom is -0.127 e. The van der Waals surface area contributed by atoms with E-state index >= 15 is 0 Å². The monoisotopic (exact) mass is 376 g/mol. The van der Waals surface area contributed by atoms with Crippen LogP contribution in [-0.2, 0) is 12.8 Å². The van der Waals surface area contributed by atoms with E-state index in [2.05, 4.69) is 97.8 Å². The van der Waals surface area contributed by atoms with Gasteiger partial charge in [-0.15, -0.1) is 5.54 Å². The first-order valence-electron chi connectivity index (χ1n) is 10.1. The molecule has 136 valence electrons. The fourth-order valence-corrected chi connectivity index (χ4v) is 4.96. The number of allylic oxidation sites excluding steroid dienone is 1. The van der Waals surface area contributed by atoms with Crippen LogP contribution < -0.4 is 0 Å². The van der Waals surface area contributed by atoms with Crippen molar-refractivity contribution in [2.24, 2.45) is 0 Å². The highest BCUT2D eigenvalue weighted by atomic mass is 28.3. The van der Waals surface area contributed by atoms with Crippen molar-refractivity contribution in [3.63, 3.8) is 0 Å². The number of rotatable bonds is 1. The van der Waals surface area contributed by atoms with Gasteiger partial charge in [0.25, 0.3) is 0 Å². The molecule has 0 N–H and O–H groups in total. The van der Waals surface area contributed by atoms with Gasteiger partial charge >= 0.3 is 0 Å². The van der Waals surface area contributed by atoms with Crippen molar-refractivity contribution < 1.29 is 0 Å². The summed E-state index contributed by atoms with van der Waals surface area (Å²) in [7, 11) is -1.43. The molecule has 1 heteroatoms. The molecule has 2 aliphatic rings. The van der Waals surface area contributed by atoms with E-state index in [4.69, 9.17) is 0 Å². The molecular formula is C27H24Si. The number of hydrogen-bond donors (Lipinski definition) is 0. The van der Waals surface area contributed by atoms with Crippen molar-refractivity contribution in [2.45, 2.75) is 32.5 Å². The van der Waals surface area contributed by atoms with Crippen molar-refractivity contribution in [1.82, 2.24) is 0 Å². The van der Waals surface area contributed by atoms with Crippen LogP contribution in [0.2, 0.25) is 19.6 Å². The van der Waals surface area contributed by atoms with Gasteiger partial charge in [0.1, 0.15) is 8.07 Å². The minimum atomic E-state index is -1.43. The van der Waals surface area contributed by atoms with Gasteiger partial charge in [-0.05, 0) is 45.4 Å². The van der Waals surface area contributed by atoms with E-state index in [0.29, 0.717) is 0 Å². The maximum absolute atomic E-state index is 3.62. The molecule has 0 amide bonds. The van der Waals surface area contributed by atoms with E-state index in [1.54, 1.807) is 0 Å². The summed E-state index contributed by atoms with van der Waals surface area (Å²) in [6.45, 7) is 6.95. The number of benzene rings is 3. The van der Waals surface area contributed by atoms with Crippen molar-refractivity contribution >= 4 is 13.6 Å². The zero-order chi connectivity index (χ0) is 19.3. The standard InChI is InChI=1S/C27H24Si/c1-28(2,3)16-15-22-18-20-10-5-7-13-24(20)27(22)25-14-8-11-21-17-19-9-4-6-12-23(19)26(21)25/h4-14H,17-18H2,1-3H3. The zero-order valence-corrected chi connectivity index (χ0v) is 17.8. The van der Waals surface area contributed by atoms with Crippen LogP contribution in [0.5, 0.6) is 0 Å². The van der Waals surface area contributed by atoms with Gasteiger partial charge in [0, 0.05) is 17.6 Å². The van der Waals surface area contributed by atoms with Gasteiger partial charge in [-0.25, -0.2) is 0 Å². The Labute approximate surface area is 169 Å². The van der Waals surface area contributed by atoms with Crippen molar-refractivity contribution in [3.05, 3.63) is 100 Å². The van der Waals surface area contributed by atoms with Gasteiger partial charge in [0.15, 0.2) is 0 Å². The van der Waals surface area contributed by atoms with Gasteiger partial charge in [-0.3, -0.25) is 0 Å². The molecule has 0 saturated heterocycles. The SMILES string of the molecule is C[Si](C)(C)C#CC1=C(c2cccc3c2-c2ccccc2C3)c2ccccc2C1. The molecule has 0 nitrogen and oxygen atoms in total. The highest BCUT2D eigenvalue weighted by Gasteiger charge is 2.28. The van der Waals surface area contributed by atoms with E-state index in [1.165, 1.54) is 50.1 Å². The summed E-state index contributed by atoms with van der Waals surface area (Å²) < 4.78 is 0. The van der Waals surface area contributed by atoms with Gasteiger partial charge < -0.3 is 0 Å². The molecule has 0 heterocycles. The topological polar surface area (TPSA) is 0 Å². The molecule has 5 rings (SSSR count). The van der Waals surface area contributed by atoms with Gasteiger partial charge in [-0.1, -0.05) is 92.3 Å². The maximum atomic E-state index is 3.62. The summed E-state index contributed by atoms with van der Waals surface area (Å²) in [5.41, 5.74) is 16.1. The van der Waals surface area contributed by atoms with Crippen LogP contribution in [0.15, 0.2) is 72.3 Å². The lowest BCUT2D eigenvalue weighted by Crippen LogP contribution is -2.16. The summed E-state index contributed by atoms with van der Waals surface area (Å²) in [5, 5.41) is 0. The summed E-state index contributed by atoms with van der Waals surface area (Å²) in [6.07, 6.45) is 1.98. The summed E-state index contributed by atoms with van der Waals surface area (Å²) in [6, 6.07) is 24.5. The first-order chi connectivity index (χ1) is 13.5. The second-order valence-corrected chi connectivity index (χ2v) is 13.6. The first kappa shape index (κ1) is 17.3. The molecule has 0 unspecified atom stereocenters. The quantitative estimate of drug-likeness (QED) is 0.263. The average molecular weight is 377 g/mol. The Morgan fingerprint density at radius 1 is 0.643 bits per heavy atom. The third-order valence-corrected chi connectivity index (χ3v) is 6.51. The van der Waals surface area contributed by atoms with E-state index in [1.807, 2.05) is 0 Å². The molecule has 3 aromatic rings. The third kappa shape index (κ3) is 2.86. The number of hydrogen-bond acceptors (Lipinski definition) is 0. The second-order valence-electron chi connectivity index (χ2n) is 8.86.